The van der Waals surface area contributed by atoms with Gasteiger partial charge in [0.1, 0.15) is 0 Å². The van der Waals surface area contributed by atoms with Crippen LogP contribution in [0.3, 0.4) is 0 Å². The Labute approximate surface area is 105 Å². The molecule has 18 heavy (non-hydrogen) atoms. The Morgan fingerprint density at radius 1 is 1.39 bits per heavy atom. The normalized spacial score (nSPS) is 22.4. The molecule has 0 amide bonds. The second-order valence-electron chi connectivity index (χ2n) is 4.13. The van der Waals surface area contributed by atoms with Crippen LogP contribution in [0.4, 0.5) is 0 Å². The summed E-state index contributed by atoms with van der Waals surface area (Å²) in [6, 6.07) is 9.43. The SMILES string of the molecule is C=C(c1ccccc1)[C@H]1COC(=O)[C@@H]1C(=O)OC. The van der Waals surface area contributed by atoms with Crippen LogP contribution in [0.1, 0.15) is 5.56 Å². The first-order valence-corrected chi connectivity index (χ1v) is 5.64. The molecule has 94 valence electrons. The number of cyclic esters (lactones) is 1. The predicted molar refractivity (Wildman–Crippen MR) is 65.4 cm³/mol. The summed E-state index contributed by atoms with van der Waals surface area (Å²) in [4.78, 5) is 23.2. The summed E-state index contributed by atoms with van der Waals surface area (Å²) in [5, 5.41) is 0. The topological polar surface area (TPSA) is 52.6 Å². The number of esters is 2. The van der Waals surface area contributed by atoms with Crippen molar-refractivity contribution < 1.29 is 19.1 Å². The van der Waals surface area contributed by atoms with Crippen LogP contribution >= 0.6 is 0 Å². The fourth-order valence-corrected chi connectivity index (χ4v) is 2.08. The maximum Gasteiger partial charge on any atom is 0.321 e. The molecule has 2 atom stereocenters. The van der Waals surface area contributed by atoms with Crippen LogP contribution in [0.25, 0.3) is 5.57 Å². The van der Waals surface area contributed by atoms with Gasteiger partial charge in [0.15, 0.2) is 5.92 Å². The second-order valence-corrected chi connectivity index (χ2v) is 4.13. The monoisotopic (exact) mass is 246 g/mol. The minimum absolute atomic E-state index is 0.173. The van der Waals surface area contributed by atoms with E-state index in [1.165, 1.54) is 7.11 Å². The van der Waals surface area contributed by atoms with Crippen LogP contribution in [0, 0.1) is 11.8 Å². The van der Waals surface area contributed by atoms with Gasteiger partial charge in [0.05, 0.1) is 13.7 Å². The lowest BCUT2D eigenvalue weighted by Crippen LogP contribution is -2.27. The average molecular weight is 246 g/mol. The Bertz CT molecular complexity index is 478. The van der Waals surface area contributed by atoms with E-state index in [1.54, 1.807) is 0 Å². The van der Waals surface area contributed by atoms with Crippen molar-refractivity contribution in [3.05, 3.63) is 42.5 Å². The zero-order chi connectivity index (χ0) is 13.1. The molecule has 4 heteroatoms. The number of hydrogen-bond acceptors (Lipinski definition) is 4. The molecule has 0 aromatic heterocycles. The van der Waals surface area contributed by atoms with E-state index in [0.29, 0.717) is 0 Å². The highest BCUT2D eigenvalue weighted by molar-refractivity contribution is 5.98. The molecule has 1 saturated heterocycles. The van der Waals surface area contributed by atoms with E-state index in [0.717, 1.165) is 11.1 Å². The molecule has 1 aliphatic heterocycles. The maximum atomic E-state index is 11.6. The zero-order valence-electron chi connectivity index (χ0n) is 10.1. The maximum absolute atomic E-state index is 11.6. The van der Waals surface area contributed by atoms with Gasteiger partial charge in [-0.3, -0.25) is 9.59 Å². The summed E-state index contributed by atoms with van der Waals surface area (Å²) in [7, 11) is 1.26. The Balaban J connectivity index is 2.25. The molecule has 0 N–H and O–H groups in total. The van der Waals surface area contributed by atoms with E-state index in [1.807, 2.05) is 30.3 Å². The van der Waals surface area contributed by atoms with Crippen molar-refractivity contribution in [2.24, 2.45) is 11.8 Å². The van der Waals surface area contributed by atoms with Gasteiger partial charge < -0.3 is 9.47 Å². The van der Waals surface area contributed by atoms with Gasteiger partial charge in [-0.1, -0.05) is 36.9 Å². The third kappa shape index (κ3) is 2.14. The summed E-state index contributed by atoms with van der Waals surface area (Å²) in [6.07, 6.45) is 0. The van der Waals surface area contributed by atoms with Gasteiger partial charge in [0.2, 0.25) is 0 Å². The molecule has 1 aliphatic rings. The Morgan fingerprint density at radius 2 is 2.06 bits per heavy atom. The van der Waals surface area contributed by atoms with Crippen molar-refractivity contribution >= 4 is 17.5 Å². The number of ether oxygens (including phenoxy) is 2. The molecule has 2 rings (SSSR count). The van der Waals surface area contributed by atoms with Gasteiger partial charge in [0, 0.05) is 5.92 Å². The molecule has 0 aliphatic carbocycles. The molecular formula is C14H14O4. The lowest BCUT2D eigenvalue weighted by atomic mass is 9.85. The molecular weight excluding hydrogens is 232 g/mol. The molecule has 1 fully saturated rings. The van der Waals surface area contributed by atoms with Crippen molar-refractivity contribution in [2.75, 3.05) is 13.7 Å². The van der Waals surface area contributed by atoms with Crippen LogP contribution in [-0.4, -0.2) is 25.7 Å². The fraction of sp³-hybridized carbons (Fsp3) is 0.286. The van der Waals surface area contributed by atoms with Crippen LogP contribution in [0.15, 0.2) is 36.9 Å². The molecule has 1 heterocycles. The summed E-state index contributed by atoms with van der Waals surface area (Å²) >= 11 is 0. The van der Waals surface area contributed by atoms with E-state index >= 15 is 0 Å². The van der Waals surface area contributed by atoms with Gasteiger partial charge >= 0.3 is 11.9 Å². The van der Waals surface area contributed by atoms with Crippen molar-refractivity contribution in [2.45, 2.75) is 0 Å². The molecule has 0 saturated carbocycles. The largest absolute Gasteiger partial charge is 0.468 e. The summed E-state index contributed by atoms with van der Waals surface area (Å²) in [6.45, 7) is 4.14. The first-order valence-electron chi connectivity index (χ1n) is 5.64. The second kappa shape index (κ2) is 5.04. The number of carbonyl (C=O) groups is 2. The Morgan fingerprint density at radius 3 is 2.67 bits per heavy atom. The van der Waals surface area contributed by atoms with E-state index in [4.69, 9.17) is 4.74 Å². The van der Waals surface area contributed by atoms with Crippen molar-refractivity contribution in [1.82, 2.24) is 0 Å². The van der Waals surface area contributed by atoms with Crippen LogP contribution in [0.5, 0.6) is 0 Å². The third-order valence-corrected chi connectivity index (χ3v) is 3.11. The first-order chi connectivity index (χ1) is 8.65. The highest BCUT2D eigenvalue weighted by atomic mass is 16.6. The first kappa shape index (κ1) is 12.4. The standard InChI is InChI=1S/C14H14O4/c1-9(10-6-4-3-5-7-10)11-8-18-14(16)12(11)13(15)17-2/h3-7,11-12H,1,8H2,2H3/t11-,12+/m1/s1. The average Bonchev–Trinajstić information content (AvgIpc) is 2.80. The molecule has 1 aromatic rings. The van der Waals surface area contributed by atoms with Crippen LogP contribution in [-0.2, 0) is 19.1 Å². The van der Waals surface area contributed by atoms with Gasteiger partial charge in [-0.25, -0.2) is 0 Å². The fourth-order valence-electron chi connectivity index (χ4n) is 2.08. The number of rotatable bonds is 3. The van der Waals surface area contributed by atoms with E-state index < -0.39 is 17.9 Å². The number of hydrogen-bond donors (Lipinski definition) is 0. The highest BCUT2D eigenvalue weighted by Gasteiger charge is 2.44. The summed E-state index contributed by atoms with van der Waals surface area (Å²) in [5.74, 6) is -2.36. The number of carbonyl (C=O) groups excluding carboxylic acids is 2. The van der Waals surface area contributed by atoms with E-state index in [9.17, 15) is 9.59 Å². The minimum atomic E-state index is -0.900. The van der Waals surface area contributed by atoms with Crippen LogP contribution in [0.2, 0.25) is 0 Å². The van der Waals surface area contributed by atoms with Crippen molar-refractivity contribution in [3.8, 4) is 0 Å². The Hall–Kier alpha value is -2.10. The molecule has 0 spiro atoms. The summed E-state index contributed by atoms with van der Waals surface area (Å²) < 4.78 is 9.58. The van der Waals surface area contributed by atoms with Gasteiger partial charge in [-0.05, 0) is 11.1 Å². The van der Waals surface area contributed by atoms with Crippen molar-refractivity contribution in [1.29, 1.82) is 0 Å². The molecule has 0 radical (unpaired) electrons. The van der Waals surface area contributed by atoms with Gasteiger partial charge in [0.25, 0.3) is 0 Å². The predicted octanol–water partition coefficient (Wildman–Crippen LogP) is 1.66. The molecule has 1 aromatic carbocycles. The molecule has 0 unspecified atom stereocenters. The third-order valence-electron chi connectivity index (χ3n) is 3.11. The quantitative estimate of drug-likeness (QED) is 0.601. The zero-order valence-corrected chi connectivity index (χ0v) is 10.1. The van der Waals surface area contributed by atoms with Crippen LogP contribution < -0.4 is 0 Å². The van der Waals surface area contributed by atoms with Crippen molar-refractivity contribution in [3.63, 3.8) is 0 Å². The molecule has 4 nitrogen and oxygen atoms in total. The van der Waals surface area contributed by atoms with Gasteiger partial charge in [-0.15, -0.1) is 0 Å². The lowest BCUT2D eigenvalue weighted by molar-refractivity contribution is -0.154. The highest BCUT2D eigenvalue weighted by Crippen LogP contribution is 2.34. The number of benzene rings is 1. The Kier molecular flexibility index (Phi) is 3.46. The smallest absolute Gasteiger partial charge is 0.321 e. The minimum Gasteiger partial charge on any atom is -0.468 e. The lowest BCUT2D eigenvalue weighted by Gasteiger charge is -2.16. The van der Waals surface area contributed by atoms with E-state index in [2.05, 4.69) is 11.3 Å². The molecule has 0 bridgehead atoms. The summed E-state index contributed by atoms with van der Waals surface area (Å²) in [5.41, 5.74) is 1.62. The van der Waals surface area contributed by atoms with Gasteiger partial charge in [-0.2, -0.15) is 0 Å². The number of methoxy groups -OCH3 is 1. The van der Waals surface area contributed by atoms with E-state index in [-0.39, 0.29) is 12.5 Å².